The summed E-state index contributed by atoms with van der Waals surface area (Å²) in [6.07, 6.45) is 0.425. The lowest BCUT2D eigenvalue weighted by Crippen LogP contribution is -2.26. The van der Waals surface area contributed by atoms with Crippen molar-refractivity contribution >= 4 is 27.6 Å². The summed E-state index contributed by atoms with van der Waals surface area (Å²) >= 11 is 3.39. The molecule has 4 heteroatoms. The maximum atomic E-state index is 12.2. The molecule has 0 fully saturated rings. The molecule has 0 radical (unpaired) electrons. The number of Topliss-reactive ketones (excluding diaryl/α,β-unsaturated/α-hetero) is 1. The van der Waals surface area contributed by atoms with Gasteiger partial charge in [-0.25, -0.2) is 0 Å². The Morgan fingerprint density at radius 2 is 1.67 bits per heavy atom. The zero-order valence-corrected chi connectivity index (χ0v) is 15.8. The van der Waals surface area contributed by atoms with E-state index in [-0.39, 0.29) is 30.6 Å². The Kier molecular flexibility index (Phi) is 6.32. The van der Waals surface area contributed by atoms with Gasteiger partial charge in [-0.2, -0.15) is 0 Å². The molecule has 3 nitrogen and oxygen atoms in total. The van der Waals surface area contributed by atoms with Crippen LogP contribution in [0, 0.1) is 13.8 Å². The summed E-state index contributed by atoms with van der Waals surface area (Å²) in [4.78, 5) is 24.3. The van der Waals surface area contributed by atoms with Crippen LogP contribution in [-0.2, 0) is 4.79 Å². The van der Waals surface area contributed by atoms with E-state index in [9.17, 15) is 9.59 Å². The van der Waals surface area contributed by atoms with Crippen LogP contribution in [0.4, 0.5) is 0 Å². The molecule has 126 valence electrons. The van der Waals surface area contributed by atoms with Crippen LogP contribution in [0.5, 0.6) is 0 Å². The Morgan fingerprint density at radius 1 is 1.00 bits per heavy atom. The van der Waals surface area contributed by atoms with Gasteiger partial charge in [-0.3, -0.25) is 9.59 Å². The summed E-state index contributed by atoms with van der Waals surface area (Å²) in [7, 11) is 0. The first-order chi connectivity index (χ1) is 11.4. The van der Waals surface area contributed by atoms with E-state index in [1.165, 1.54) is 0 Å². The number of hydrogen-bond acceptors (Lipinski definition) is 2. The first-order valence-corrected chi connectivity index (χ1v) is 8.81. The van der Waals surface area contributed by atoms with Crippen molar-refractivity contribution in [2.24, 2.45) is 0 Å². The molecular formula is C20H22BrNO2. The molecule has 0 aliphatic rings. The summed E-state index contributed by atoms with van der Waals surface area (Å²) < 4.78 is 1.00. The van der Waals surface area contributed by atoms with Crippen molar-refractivity contribution in [1.29, 1.82) is 0 Å². The number of nitrogens with one attached hydrogen (secondary N) is 1. The Bertz CT molecular complexity index is 738. The predicted octanol–water partition coefficient (Wildman–Crippen LogP) is 4.91. The Morgan fingerprint density at radius 3 is 2.29 bits per heavy atom. The van der Waals surface area contributed by atoms with E-state index in [1.54, 1.807) is 0 Å². The van der Waals surface area contributed by atoms with Crippen LogP contribution >= 0.6 is 15.9 Å². The van der Waals surface area contributed by atoms with Crippen molar-refractivity contribution in [2.75, 3.05) is 0 Å². The number of ketones is 1. The molecule has 1 atom stereocenters. The molecule has 1 amide bonds. The maximum Gasteiger partial charge on any atom is 0.220 e. The van der Waals surface area contributed by atoms with Gasteiger partial charge < -0.3 is 5.32 Å². The topological polar surface area (TPSA) is 46.2 Å². The van der Waals surface area contributed by atoms with Crippen molar-refractivity contribution in [3.8, 4) is 0 Å². The average molecular weight is 388 g/mol. The minimum Gasteiger partial charge on any atom is -0.350 e. The average Bonchev–Trinajstić information content (AvgIpc) is 2.55. The number of benzene rings is 2. The molecule has 0 heterocycles. The van der Waals surface area contributed by atoms with Crippen molar-refractivity contribution in [1.82, 2.24) is 5.32 Å². The van der Waals surface area contributed by atoms with Crippen LogP contribution < -0.4 is 5.32 Å². The van der Waals surface area contributed by atoms with E-state index in [0.29, 0.717) is 5.56 Å². The van der Waals surface area contributed by atoms with E-state index in [4.69, 9.17) is 0 Å². The number of carbonyl (C=O) groups excluding carboxylic acids is 2. The number of hydrogen-bond donors (Lipinski definition) is 1. The minimum atomic E-state index is -0.109. The molecular weight excluding hydrogens is 366 g/mol. The number of carbonyl (C=O) groups is 2. The third-order valence-electron chi connectivity index (χ3n) is 4.16. The van der Waals surface area contributed by atoms with E-state index >= 15 is 0 Å². The maximum absolute atomic E-state index is 12.2. The van der Waals surface area contributed by atoms with E-state index < -0.39 is 0 Å². The molecule has 0 spiro atoms. The summed E-state index contributed by atoms with van der Waals surface area (Å²) in [5.41, 5.74) is 3.96. The second kappa shape index (κ2) is 8.25. The van der Waals surface area contributed by atoms with Crippen LogP contribution in [0.2, 0.25) is 0 Å². The highest BCUT2D eigenvalue weighted by molar-refractivity contribution is 9.10. The number of amides is 1. The highest BCUT2D eigenvalue weighted by Gasteiger charge is 2.13. The van der Waals surface area contributed by atoms with Gasteiger partial charge in [0.25, 0.3) is 0 Å². The largest absolute Gasteiger partial charge is 0.350 e. The molecule has 2 rings (SSSR count). The fourth-order valence-electron chi connectivity index (χ4n) is 2.43. The molecule has 1 unspecified atom stereocenters. The fourth-order valence-corrected chi connectivity index (χ4v) is 2.70. The summed E-state index contributed by atoms with van der Waals surface area (Å²) in [6, 6.07) is 13.4. The van der Waals surface area contributed by atoms with Gasteiger partial charge in [-0.1, -0.05) is 40.2 Å². The van der Waals surface area contributed by atoms with Gasteiger partial charge in [0, 0.05) is 22.9 Å². The highest BCUT2D eigenvalue weighted by Crippen LogP contribution is 2.17. The Hall–Kier alpha value is -1.94. The van der Waals surface area contributed by atoms with Crippen molar-refractivity contribution < 1.29 is 9.59 Å². The van der Waals surface area contributed by atoms with Crippen LogP contribution in [0.25, 0.3) is 0 Å². The zero-order valence-electron chi connectivity index (χ0n) is 14.2. The molecule has 1 N–H and O–H groups in total. The van der Waals surface area contributed by atoms with Crippen molar-refractivity contribution in [3.63, 3.8) is 0 Å². The molecule has 24 heavy (non-hydrogen) atoms. The lowest BCUT2D eigenvalue weighted by atomic mass is 10.0. The Balaban J connectivity index is 1.87. The fraction of sp³-hybridized carbons (Fsp3) is 0.300. The van der Waals surface area contributed by atoms with Crippen LogP contribution in [-0.4, -0.2) is 11.7 Å². The molecule has 0 saturated heterocycles. The summed E-state index contributed by atoms with van der Waals surface area (Å²) in [5, 5.41) is 2.94. The Labute approximate surface area is 151 Å². The molecule has 0 bridgehead atoms. The lowest BCUT2D eigenvalue weighted by Gasteiger charge is -2.14. The van der Waals surface area contributed by atoms with Gasteiger partial charge >= 0.3 is 0 Å². The van der Waals surface area contributed by atoms with Crippen LogP contribution in [0.3, 0.4) is 0 Å². The monoisotopic (exact) mass is 387 g/mol. The molecule has 0 saturated carbocycles. The van der Waals surface area contributed by atoms with Gasteiger partial charge in [0.15, 0.2) is 5.78 Å². The highest BCUT2D eigenvalue weighted by atomic mass is 79.9. The summed E-state index contributed by atoms with van der Waals surface area (Å²) in [6.45, 7) is 5.94. The van der Waals surface area contributed by atoms with Crippen LogP contribution in [0.1, 0.15) is 52.9 Å². The normalized spacial score (nSPS) is 11.8. The number of rotatable bonds is 6. The van der Waals surface area contributed by atoms with Gasteiger partial charge in [0.2, 0.25) is 5.91 Å². The first kappa shape index (κ1) is 18.4. The van der Waals surface area contributed by atoms with Gasteiger partial charge in [0.05, 0.1) is 6.04 Å². The second-order valence-electron chi connectivity index (χ2n) is 6.06. The molecule has 0 aromatic heterocycles. The molecule has 2 aromatic rings. The molecule has 0 aliphatic heterocycles. The third kappa shape index (κ3) is 5.03. The zero-order chi connectivity index (χ0) is 17.7. The van der Waals surface area contributed by atoms with E-state index in [2.05, 4.69) is 21.2 Å². The predicted molar refractivity (Wildman–Crippen MR) is 100 cm³/mol. The van der Waals surface area contributed by atoms with Crippen molar-refractivity contribution in [2.45, 2.75) is 39.7 Å². The second-order valence-corrected chi connectivity index (χ2v) is 6.98. The standard InChI is InChI=1S/C20H22BrNO2/c1-13-4-5-17(12-14(13)2)19(23)10-11-20(24)22-15(3)16-6-8-18(21)9-7-16/h4-9,12,15H,10-11H2,1-3H3,(H,22,24). The van der Waals surface area contributed by atoms with Crippen molar-refractivity contribution in [3.05, 3.63) is 69.2 Å². The van der Waals surface area contributed by atoms with Crippen LogP contribution in [0.15, 0.2) is 46.9 Å². The number of halogens is 1. The van der Waals surface area contributed by atoms with Gasteiger partial charge in [0.1, 0.15) is 0 Å². The molecule has 0 aliphatic carbocycles. The SMILES string of the molecule is Cc1ccc(C(=O)CCC(=O)NC(C)c2ccc(Br)cc2)cc1C. The number of aryl methyl sites for hydroxylation is 2. The third-order valence-corrected chi connectivity index (χ3v) is 4.68. The minimum absolute atomic E-state index is 0.00421. The summed E-state index contributed by atoms with van der Waals surface area (Å²) in [5.74, 6) is -0.104. The quantitative estimate of drug-likeness (QED) is 0.715. The first-order valence-electron chi connectivity index (χ1n) is 8.02. The van der Waals surface area contributed by atoms with E-state index in [0.717, 1.165) is 21.2 Å². The van der Waals surface area contributed by atoms with Gasteiger partial charge in [-0.15, -0.1) is 0 Å². The van der Waals surface area contributed by atoms with E-state index in [1.807, 2.05) is 63.2 Å². The molecule has 2 aromatic carbocycles. The smallest absolute Gasteiger partial charge is 0.220 e. The lowest BCUT2D eigenvalue weighted by molar-refractivity contribution is -0.121. The van der Waals surface area contributed by atoms with Gasteiger partial charge in [-0.05, 0) is 55.7 Å².